The van der Waals surface area contributed by atoms with Crippen molar-refractivity contribution in [3.63, 3.8) is 0 Å². The van der Waals surface area contributed by atoms with Crippen LogP contribution in [0.25, 0.3) is 0 Å². The van der Waals surface area contributed by atoms with E-state index in [-0.39, 0.29) is 5.41 Å². The van der Waals surface area contributed by atoms with Crippen molar-refractivity contribution >= 4 is 35.2 Å². The molecule has 2 fully saturated rings. The Morgan fingerprint density at radius 3 is 2.39 bits per heavy atom. The number of para-hydroxylation sites is 1. The molecule has 41 heavy (non-hydrogen) atoms. The molecule has 1 atom stereocenters. The minimum absolute atomic E-state index is 0.0153. The minimum atomic E-state index is -0.0153. The van der Waals surface area contributed by atoms with E-state index in [0.717, 1.165) is 63.0 Å². The number of phenolic OH excluding ortho intramolecular Hbond substituents is 1. The number of nitrogens with zero attached hydrogens (tertiary/aromatic N) is 2. The van der Waals surface area contributed by atoms with Gasteiger partial charge in [-0.2, -0.15) is 0 Å². The first-order chi connectivity index (χ1) is 20.0. The molecule has 2 aliphatic heterocycles. The van der Waals surface area contributed by atoms with Gasteiger partial charge in [-0.05, 0) is 112 Å². The summed E-state index contributed by atoms with van der Waals surface area (Å²) in [5, 5.41) is 10.8. The molecule has 6 heteroatoms. The van der Waals surface area contributed by atoms with E-state index in [1.165, 1.54) is 56.2 Å². The van der Waals surface area contributed by atoms with Crippen LogP contribution in [0.3, 0.4) is 0 Å². The van der Waals surface area contributed by atoms with Crippen LogP contribution in [0.4, 0.5) is 5.69 Å². The number of aromatic hydroxyl groups is 1. The number of piperidine rings is 2. The maximum absolute atomic E-state index is 11.8. The van der Waals surface area contributed by atoms with Crippen LogP contribution in [0.1, 0.15) is 85.2 Å². The summed E-state index contributed by atoms with van der Waals surface area (Å²) in [6.45, 7) is 5.33. The molecule has 3 aromatic carbocycles. The molecule has 1 N–H and O–H groups in total. The number of carbonyl (C=O) groups excluding carboxylic acids is 1. The fraction of sp³-hybridized carbons (Fsp3) is 0.457. The zero-order chi connectivity index (χ0) is 28.7. The second-order valence-electron chi connectivity index (χ2n) is 12.0. The molecular weight excluding hydrogens is 551 g/mol. The maximum atomic E-state index is 11.8. The fourth-order valence-electron chi connectivity index (χ4n) is 7.01. The lowest BCUT2D eigenvalue weighted by atomic mass is 9.70. The standard InChI is InChI=1S/C35H42Cl2N2O2/c36-32-15-12-30(24-33(32)37)35(19-7-21-39(26-35)34-9-4-3-8-29(34)25-40)18-5-1-2-6-20-38-22-16-28(17-23-38)27-10-13-31(41)14-11-27/h3-4,8-15,24-25,28,41H,1-2,5-7,16-23,26H2. The van der Waals surface area contributed by atoms with Gasteiger partial charge in [-0.15, -0.1) is 0 Å². The van der Waals surface area contributed by atoms with Gasteiger partial charge in [-0.3, -0.25) is 4.79 Å². The highest BCUT2D eigenvalue weighted by atomic mass is 35.5. The first-order valence-corrected chi connectivity index (χ1v) is 16.0. The van der Waals surface area contributed by atoms with E-state index in [1.54, 1.807) is 0 Å². The SMILES string of the molecule is O=Cc1ccccc1N1CCCC(CCCCCCN2CCC(c3ccc(O)cc3)CC2)(c2ccc(Cl)c(Cl)c2)C1. The zero-order valence-electron chi connectivity index (χ0n) is 23.9. The third kappa shape index (κ3) is 7.46. The van der Waals surface area contributed by atoms with Gasteiger partial charge in [0.15, 0.2) is 6.29 Å². The molecule has 0 aromatic heterocycles. The van der Waals surface area contributed by atoms with Crippen LogP contribution in [-0.4, -0.2) is 49.0 Å². The van der Waals surface area contributed by atoms with Crippen molar-refractivity contribution < 1.29 is 9.90 Å². The normalized spacial score (nSPS) is 20.3. The highest BCUT2D eigenvalue weighted by Crippen LogP contribution is 2.42. The van der Waals surface area contributed by atoms with Crippen molar-refractivity contribution in [1.29, 1.82) is 0 Å². The Morgan fingerprint density at radius 1 is 0.878 bits per heavy atom. The Hall–Kier alpha value is -2.53. The number of carbonyl (C=O) groups is 1. The molecule has 2 heterocycles. The van der Waals surface area contributed by atoms with Crippen LogP contribution >= 0.6 is 23.2 Å². The van der Waals surface area contributed by atoms with Gasteiger partial charge in [0.05, 0.1) is 10.0 Å². The van der Waals surface area contributed by atoms with Crippen molar-refractivity contribution in [3.05, 3.63) is 93.5 Å². The van der Waals surface area contributed by atoms with E-state index in [2.05, 4.69) is 40.1 Å². The maximum Gasteiger partial charge on any atom is 0.152 e. The first kappa shape index (κ1) is 29.9. The van der Waals surface area contributed by atoms with Crippen molar-refractivity contribution in [2.24, 2.45) is 0 Å². The van der Waals surface area contributed by atoms with Crippen LogP contribution in [0, 0.1) is 0 Å². The van der Waals surface area contributed by atoms with Gasteiger partial charge in [0.25, 0.3) is 0 Å². The van der Waals surface area contributed by atoms with Gasteiger partial charge >= 0.3 is 0 Å². The topological polar surface area (TPSA) is 43.8 Å². The molecule has 0 saturated carbocycles. The average molecular weight is 594 g/mol. The van der Waals surface area contributed by atoms with Gasteiger partial charge in [0, 0.05) is 29.8 Å². The number of aldehydes is 1. The summed E-state index contributed by atoms with van der Waals surface area (Å²) in [4.78, 5) is 16.8. The van der Waals surface area contributed by atoms with E-state index >= 15 is 0 Å². The van der Waals surface area contributed by atoms with Crippen LogP contribution in [0.5, 0.6) is 5.75 Å². The van der Waals surface area contributed by atoms with Crippen molar-refractivity contribution in [2.45, 2.75) is 69.1 Å². The Kier molecular flexibility index (Phi) is 10.3. The summed E-state index contributed by atoms with van der Waals surface area (Å²) in [5.41, 5.74) is 4.38. The number of hydrogen-bond acceptors (Lipinski definition) is 4. The molecule has 0 aliphatic carbocycles. The molecule has 2 aliphatic rings. The first-order valence-electron chi connectivity index (χ1n) is 15.2. The second-order valence-corrected chi connectivity index (χ2v) is 12.8. The number of halogens is 2. The van der Waals surface area contributed by atoms with Gasteiger partial charge in [-0.25, -0.2) is 0 Å². The van der Waals surface area contributed by atoms with E-state index in [1.807, 2.05) is 36.4 Å². The highest BCUT2D eigenvalue weighted by Gasteiger charge is 2.37. The van der Waals surface area contributed by atoms with Gasteiger partial charge in [0.2, 0.25) is 0 Å². The van der Waals surface area contributed by atoms with Crippen LogP contribution in [0.15, 0.2) is 66.7 Å². The molecule has 0 amide bonds. The Morgan fingerprint density at radius 2 is 1.63 bits per heavy atom. The Labute approximate surface area is 255 Å². The lowest BCUT2D eigenvalue weighted by Crippen LogP contribution is -2.46. The summed E-state index contributed by atoms with van der Waals surface area (Å²) >= 11 is 12.8. The molecule has 0 radical (unpaired) electrons. The van der Waals surface area contributed by atoms with Crippen LogP contribution < -0.4 is 4.90 Å². The summed E-state index contributed by atoms with van der Waals surface area (Å²) in [5.74, 6) is 0.955. The van der Waals surface area contributed by atoms with Crippen molar-refractivity contribution in [3.8, 4) is 5.75 Å². The molecule has 0 spiro atoms. The van der Waals surface area contributed by atoms with E-state index < -0.39 is 0 Å². The third-order valence-corrected chi connectivity index (χ3v) is 10.1. The lowest BCUT2D eigenvalue weighted by molar-refractivity contribution is 0.112. The quantitative estimate of drug-likeness (QED) is 0.178. The number of unbranched alkanes of at least 4 members (excludes halogenated alkanes) is 3. The highest BCUT2D eigenvalue weighted by molar-refractivity contribution is 6.42. The van der Waals surface area contributed by atoms with Crippen LogP contribution in [-0.2, 0) is 5.41 Å². The number of anilines is 1. The summed E-state index contributed by atoms with van der Waals surface area (Å²) in [6.07, 6.45) is 11.5. The largest absolute Gasteiger partial charge is 0.508 e. The minimum Gasteiger partial charge on any atom is -0.508 e. The molecule has 0 bridgehead atoms. The molecule has 4 nitrogen and oxygen atoms in total. The smallest absolute Gasteiger partial charge is 0.152 e. The predicted molar refractivity (Wildman–Crippen MR) is 171 cm³/mol. The number of benzene rings is 3. The molecule has 5 rings (SSSR count). The van der Waals surface area contributed by atoms with E-state index in [4.69, 9.17) is 23.2 Å². The van der Waals surface area contributed by atoms with E-state index in [9.17, 15) is 9.90 Å². The third-order valence-electron chi connectivity index (χ3n) is 9.35. The summed E-state index contributed by atoms with van der Waals surface area (Å²) in [6, 6.07) is 21.9. The molecule has 1 unspecified atom stereocenters. The zero-order valence-corrected chi connectivity index (χ0v) is 25.4. The van der Waals surface area contributed by atoms with Crippen LogP contribution in [0.2, 0.25) is 10.0 Å². The number of rotatable bonds is 11. The Balaban J connectivity index is 1.14. The van der Waals surface area contributed by atoms with Crippen molar-refractivity contribution in [2.75, 3.05) is 37.6 Å². The molecule has 2 saturated heterocycles. The summed E-state index contributed by atoms with van der Waals surface area (Å²) < 4.78 is 0. The van der Waals surface area contributed by atoms with Gasteiger partial charge < -0.3 is 14.9 Å². The summed E-state index contributed by atoms with van der Waals surface area (Å²) in [7, 11) is 0. The second kappa shape index (κ2) is 14.1. The van der Waals surface area contributed by atoms with Gasteiger partial charge in [-0.1, -0.05) is 72.8 Å². The number of likely N-dealkylation sites (tertiary alicyclic amines) is 1. The predicted octanol–water partition coefficient (Wildman–Crippen LogP) is 8.88. The molecule has 218 valence electrons. The molecular formula is C35H42Cl2N2O2. The monoisotopic (exact) mass is 592 g/mol. The fourth-order valence-corrected chi connectivity index (χ4v) is 7.31. The number of phenols is 1. The van der Waals surface area contributed by atoms with E-state index in [0.29, 0.717) is 21.7 Å². The lowest BCUT2D eigenvalue weighted by Gasteiger charge is -2.45. The number of hydrogen-bond donors (Lipinski definition) is 1. The Bertz CT molecular complexity index is 1290. The van der Waals surface area contributed by atoms with Gasteiger partial charge in [0.1, 0.15) is 5.75 Å². The average Bonchev–Trinajstić information content (AvgIpc) is 3.01. The molecule has 3 aromatic rings. The van der Waals surface area contributed by atoms with Crippen molar-refractivity contribution in [1.82, 2.24) is 4.90 Å².